The fraction of sp³-hybridized carbons (Fsp3) is 0.667. The maximum Gasteiger partial charge on any atom is 0.331 e. The third kappa shape index (κ3) is 1.68. The van der Waals surface area contributed by atoms with Gasteiger partial charge in [0.2, 0.25) is 5.91 Å². The molecule has 1 saturated heterocycles. The van der Waals surface area contributed by atoms with Crippen molar-refractivity contribution in [3.8, 4) is 0 Å². The molecule has 1 aliphatic rings. The average molecular weight is 159 g/mol. The fourth-order valence-corrected chi connectivity index (χ4v) is 0.885. The number of carbonyl (C=O) groups is 2. The highest BCUT2D eigenvalue weighted by Crippen LogP contribution is 2.06. The molecule has 0 aromatic carbocycles. The van der Waals surface area contributed by atoms with E-state index in [1.165, 1.54) is 6.92 Å². The zero-order valence-electron chi connectivity index (χ0n) is 6.03. The van der Waals surface area contributed by atoms with Crippen molar-refractivity contribution in [2.45, 2.75) is 19.1 Å². The number of hydrogen-bond donors (Lipinski definition) is 2. The Morgan fingerprint density at radius 1 is 1.82 bits per heavy atom. The number of carbonyl (C=O) groups excluding carboxylic acids is 2. The molecule has 0 saturated carbocycles. The van der Waals surface area contributed by atoms with Crippen LogP contribution in [0, 0.1) is 0 Å². The van der Waals surface area contributed by atoms with Crippen LogP contribution in [0.4, 0.5) is 0 Å². The summed E-state index contributed by atoms with van der Waals surface area (Å²) >= 11 is 0. The Morgan fingerprint density at radius 2 is 2.45 bits per heavy atom. The average Bonchev–Trinajstić information content (AvgIpc) is 2.18. The first-order valence-corrected chi connectivity index (χ1v) is 3.23. The van der Waals surface area contributed by atoms with E-state index in [9.17, 15) is 9.59 Å². The molecule has 0 spiro atoms. The molecule has 1 amide bonds. The van der Waals surface area contributed by atoms with Crippen molar-refractivity contribution in [2.75, 3.05) is 6.61 Å². The minimum Gasteiger partial charge on any atom is -0.461 e. The Morgan fingerprint density at radius 3 is 2.82 bits per heavy atom. The van der Waals surface area contributed by atoms with Gasteiger partial charge in [-0.2, -0.15) is 0 Å². The lowest BCUT2D eigenvalue weighted by Crippen LogP contribution is -2.43. The maximum atomic E-state index is 10.7. The molecule has 5 heteroatoms. The molecule has 1 heterocycles. The van der Waals surface area contributed by atoms with Crippen LogP contribution in [0.3, 0.4) is 0 Å². The second-order valence-corrected chi connectivity index (χ2v) is 2.38. The molecule has 0 aromatic rings. The predicted molar refractivity (Wildman–Crippen MR) is 34.6 cm³/mol. The van der Waals surface area contributed by atoms with Gasteiger partial charge in [-0.3, -0.25) is 4.79 Å². The summed E-state index contributed by atoms with van der Waals surface area (Å²) in [6.07, 6.45) is -0.911. The summed E-state index contributed by atoms with van der Waals surface area (Å²) in [6, 6.07) is -0.882. The van der Waals surface area contributed by atoms with Crippen LogP contribution in [0.15, 0.2) is 0 Å². The highest BCUT2D eigenvalue weighted by Gasteiger charge is 2.35. The SMILES string of the molecule is CC(=O)N[C@H]1C(=O)OC[C@H]1O. The molecule has 62 valence electrons. The standard InChI is InChI=1S/C6H9NO4/c1-3(8)7-5-4(9)2-11-6(5)10/h4-5,9H,2H2,1H3,(H,7,8)/t4-,5-/m1/s1. The molecule has 2 atom stereocenters. The molecule has 5 nitrogen and oxygen atoms in total. The Bertz CT molecular complexity index is 191. The molecule has 0 aromatic heterocycles. The van der Waals surface area contributed by atoms with E-state index in [4.69, 9.17) is 5.11 Å². The first-order valence-electron chi connectivity index (χ1n) is 3.23. The van der Waals surface area contributed by atoms with Gasteiger partial charge in [-0.05, 0) is 0 Å². The van der Waals surface area contributed by atoms with E-state index in [1.54, 1.807) is 0 Å². The Kier molecular flexibility index (Phi) is 2.09. The quantitative estimate of drug-likeness (QED) is 0.452. The van der Waals surface area contributed by atoms with Crippen molar-refractivity contribution in [1.82, 2.24) is 5.32 Å². The van der Waals surface area contributed by atoms with Gasteiger partial charge in [-0.15, -0.1) is 0 Å². The summed E-state index contributed by atoms with van der Waals surface area (Å²) in [5, 5.41) is 11.3. The lowest BCUT2D eigenvalue weighted by Gasteiger charge is -2.09. The van der Waals surface area contributed by atoms with E-state index >= 15 is 0 Å². The van der Waals surface area contributed by atoms with Gasteiger partial charge in [0, 0.05) is 6.92 Å². The van der Waals surface area contributed by atoms with Crippen molar-refractivity contribution in [3.05, 3.63) is 0 Å². The van der Waals surface area contributed by atoms with E-state index in [1.807, 2.05) is 0 Å². The minimum absolute atomic E-state index is 0.0379. The Hall–Kier alpha value is -1.10. The van der Waals surface area contributed by atoms with E-state index in [0.717, 1.165) is 0 Å². The molecule has 0 aliphatic carbocycles. The third-order valence-electron chi connectivity index (χ3n) is 1.39. The van der Waals surface area contributed by atoms with Gasteiger partial charge in [-0.25, -0.2) is 4.79 Å². The van der Waals surface area contributed by atoms with Crippen LogP contribution < -0.4 is 5.32 Å². The number of ether oxygens (including phenoxy) is 1. The molecule has 11 heavy (non-hydrogen) atoms. The number of hydrogen-bond acceptors (Lipinski definition) is 4. The molecule has 0 unspecified atom stereocenters. The summed E-state index contributed by atoms with van der Waals surface area (Å²) in [5.41, 5.74) is 0. The topological polar surface area (TPSA) is 75.6 Å². The number of cyclic esters (lactones) is 1. The van der Waals surface area contributed by atoms with Crippen LogP contribution in [0.5, 0.6) is 0 Å². The first kappa shape index (κ1) is 8.00. The Labute approximate surface area is 63.3 Å². The third-order valence-corrected chi connectivity index (χ3v) is 1.39. The van der Waals surface area contributed by atoms with E-state index in [0.29, 0.717) is 0 Å². The van der Waals surface area contributed by atoms with Crippen molar-refractivity contribution in [2.24, 2.45) is 0 Å². The van der Waals surface area contributed by atoms with Crippen LogP contribution in [-0.4, -0.2) is 35.7 Å². The Balaban J connectivity index is 2.54. The number of aliphatic hydroxyl groups is 1. The number of esters is 1. The van der Waals surface area contributed by atoms with Crippen molar-refractivity contribution < 1.29 is 19.4 Å². The van der Waals surface area contributed by atoms with Gasteiger partial charge in [0.15, 0.2) is 6.04 Å². The van der Waals surface area contributed by atoms with Crippen LogP contribution >= 0.6 is 0 Å². The summed E-state index contributed by atoms with van der Waals surface area (Å²) in [5.74, 6) is -0.930. The van der Waals surface area contributed by atoms with E-state index in [-0.39, 0.29) is 12.5 Å². The molecular formula is C6H9NO4. The van der Waals surface area contributed by atoms with Crippen LogP contribution in [-0.2, 0) is 14.3 Å². The first-order chi connectivity index (χ1) is 5.11. The summed E-state index contributed by atoms with van der Waals surface area (Å²) < 4.78 is 4.47. The smallest absolute Gasteiger partial charge is 0.331 e. The van der Waals surface area contributed by atoms with Crippen molar-refractivity contribution >= 4 is 11.9 Å². The maximum absolute atomic E-state index is 10.7. The molecule has 0 radical (unpaired) electrons. The molecule has 2 N–H and O–H groups in total. The molecular weight excluding hydrogens is 150 g/mol. The van der Waals surface area contributed by atoms with Gasteiger partial charge in [0.25, 0.3) is 0 Å². The molecule has 0 bridgehead atoms. The van der Waals surface area contributed by atoms with Gasteiger partial charge in [0.1, 0.15) is 12.7 Å². The highest BCUT2D eigenvalue weighted by atomic mass is 16.6. The van der Waals surface area contributed by atoms with Crippen LogP contribution in [0.1, 0.15) is 6.92 Å². The van der Waals surface area contributed by atoms with Crippen LogP contribution in [0.2, 0.25) is 0 Å². The van der Waals surface area contributed by atoms with Crippen LogP contribution in [0.25, 0.3) is 0 Å². The van der Waals surface area contributed by atoms with Crippen molar-refractivity contribution in [3.63, 3.8) is 0 Å². The zero-order chi connectivity index (χ0) is 8.43. The number of amides is 1. The minimum atomic E-state index is -0.911. The normalized spacial score (nSPS) is 29.8. The number of aliphatic hydroxyl groups excluding tert-OH is 1. The number of nitrogens with one attached hydrogen (secondary N) is 1. The zero-order valence-corrected chi connectivity index (χ0v) is 6.03. The van der Waals surface area contributed by atoms with Gasteiger partial charge >= 0.3 is 5.97 Å². The largest absolute Gasteiger partial charge is 0.461 e. The molecule has 1 rings (SSSR count). The summed E-state index contributed by atoms with van der Waals surface area (Å²) in [4.78, 5) is 21.2. The molecule has 1 fully saturated rings. The lowest BCUT2D eigenvalue weighted by atomic mass is 10.2. The molecule has 1 aliphatic heterocycles. The highest BCUT2D eigenvalue weighted by molar-refractivity contribution is 5.85. The fourth-order valence-electron chi connectivity index (χ4n) is 0.885. The predicted octanol–water partition coefficient (Wildman–Crippen LogP) is -1.59. The summed E-state index contributed by atoms with van der Waals surface area (Å²) in [7, 11) is 0. The van der Waals surface area contributed by atoms with E-state index < -0.39 is 18.1 Å². The second kappa shape index (κ2) is 2.87. The van der Waals surface area contributed by atoms with Gasteiger partial charge in [-0.1, -0.05) is 0 Å². The summed E-state index contributed by atoms with van der Waals surface area (Å²) in [6.45, 7) is 1.24. The second-order valence-electron chi connectivity index (χ2n) is 2.38. The van der Waals surface area contributed by atoms with Gasteiger partial charge in [0.05, 0.1) is 0 Å². The number of rotatable bonds is 1. The lowest BCUT2D eigenvalue weighted by molar-refractivity contribution is -0.141. The monoisotopic (exact) mass is 159 g/mol. The van der Waals surface area contributed by atoms with Gasteiger partial charge < -0.3 is 15.2 Å². The van der Waals surface area contributed by atoms with E-state index in [2.05, 4.69) is 10.1 Å². The van der Waals surface area contributed by atoms with Crippen molar-refractivity contribution in [1.29, 1.82) is 0 Å².